The molecule has 1 radical (unpaired) electrons. The van der Waals surface area contributed by atoms with Crippen molar-refractivity contribution in [1.82, 2.24) is 0 Å². The van der Waals surface area contributed by atoms with Gasteiger partial charge in [-0.3, -0.25) is 0 Å². The smallest absolute Gasteiger partial charge is 0.129 e. The van der Waals surface area contributed by atoms with E-state index in [4.69, 9.17) is 9.52 Å². The van der Waals surface area contributed by atoms with Crippen LogP contribution in [-0.4, -0.2) is 5.11 Å². The van der Waals surface area contributed by atoms with Crippen LogP contribution in [0.5, 0.6) is 0 Å². The summed E-state index contributed by atoms with van der Waals surface area (Å²) in [6.07, 6.45) is 1.53. The first-order valence-electron chi connectivity index (χ1n) is 2.06. The first kappa shape index (κ1) is 11.5. The Hall–Kier alpha value is -0.241. The molecule has 0 saturated heterocycles. The zero-order valence-electron chi connectivity index (χ0n) is 4.10. The van der Waals surface area contributed by atoms with Crippen molar-refractivity contribution in [1.29, 1.82) is 0 Å². The summed E-state index contributed by atoms with van der Waals surface area (Å²) in [5, 5.41) is 8.33. The van der Waals surface area contributed by atoms with Crippen molar-refractivity contribution in [2.75, 3.05) is 0 Å². The van der Waals surface area contributed by atoms with Crippen molar-refractivity contribution in [3.05, 3.63) is 24.2 Å². The van der Waals surface area contributed by atoms with Crippen molar-refractivity contribution in [3.63, 3.8) is 0 Å². The summed E-state index contributed by atoms with van der Waals surface area (Å²) in [6, 6.07) is 3.46. The third-order valence-electron chi connectivity index (χ3n) is 0.736. The van der Waals surface area contributed by atoms with Crippen LogP contribution in [-0.2, 0) is 23.7 Å². The molecule has 0 unspecified atom stereocenters. The van der Waals surface area contributed by atoms with Crippen LogP contribution in [0.3, 0.4) is 0 Å². The number of hydrogen-bond donors (Lipinski definition) is 1. The largest absolute Gasteiger partial charge is 0.467 e. The molecule has 2 nitrogen and oxygen atoms in total. The van der Waals surface area contributed by atoms with Crippen molar-refractivity contribution >= 4 is 0 Å². The van der Waals surface area contributed by atoms with E-state index < -0.39 is 0 Å². The normalized spacial score (nSPS) is 7.22. The fourth-order valence-corrected chi connectivity index (χ4v) is 0.403. The molecule has 0 fully saturated rings. The number of aliphatic hydroxyl groups excluding tert-OH is 1. The first-order valence-corrected chi connectivity index (χ1v) is 2.06. The predicted molar refractivity (Wildman–Crippen MR) is 31.4 cm³/mol. The van der Waals surface area contributed by atoms with E-state index in [2.05, 4.69) is 0 Å². The molecule has 0 spiro atoms. The van der Waals surface area contributed by atoms with E-state index in [0.29, 0.717) is 5.76 Å². The average molecular weight is 178 g/mol. The summed E-state index contributed by atoms with van der Waals surface area (Å²) in [5.41, 5.74) is 0. The molecule has 1 heterocycles. The second-order valence-electron chi connectivity index (χ2n) is 1.24. The Balaban J connectivity index is 0. The number of aliphatic hydroxyl groups is 1. The second kappa shape index (κ2) is 5.89. The molecule has 0 bridgehead atoms. The molecule has 0 aliphatic carbocycles. The fourth-order valence-electron chi connectivity index (χ4n) is 0.403. The van der Waals surface area contributed by atoms with E-state index in [0.717, 1.165) is 0 Å². The van der Waals surface area contributed by atoms with Gasteiger partial charge >= 0.3 is 0 Å². The van der Waals surface area contributed by atoms with Gasteiger partial charge in [-0.1, -0.05) is 7.43 Å². The van der Waals surface area contributed by atoms with E-state index in [9.17, 15) is 0 Å². The summed E-state index contributed by atoms with van der Waals surface area (Å²) >= 11 is 0. The van der Waals surface area contributed by atoms with Gasteiger partial charge in [0, 0.05) is 17.1 Å². The van der Waals surface area contributed by atoms with E-state index >= 15 is 0 Å². The van der Waals surface area contributed by atoms with Crippen LogP contribution in [0.25, 0.3) is 0 Å². The molecule has 0 saturated carbocycles. The van der Waals surface area contributed by atoms with E-state index in [1.54, 1.807) is 12.1 Å². The van der Waals surface area contributed by atoms with Gasteiger partial charge in [0.2, 0.25) is 0 Å². The SMILES string of the molecule is C.OCc1ccco1.[Cu]. The van der Waals surface area contributed by atoms with Crippen molar-refractivity contribution in [2.45, 2.75) is 14.0 Å². The molecule has 0 aliphatic heterocycles. The monoisotopic (exact) mass is 177 g/mol. The maximum Gasteiger partial charge on any atom is 0.129 e. The molecule has 0 atom stereocenters. The molecule has 0 amide bonds. The van der Waals surface area contributed by atoms with Gasteiger partial charge in [0.1, 0.15) is 12.4 Å². The van der Waals surface area contributed by atoms with Crippen molar-refractivity contribution in [3.8, 4) is 0 Å². The van der Waals surface area contributed by atoms with Gasteiger partial charge in [0.15, 0.2) is 0 Å². The molecule has 0 aliphatic rings. The summed E-state index contributed by atoms with van der Waals surface area (Å²) in [6.45, 7) is -0.00694. The fraction of sp³-hybridized carbons (Fsp3) is 0.333. The second-order valence-corrected chi connectivity index (χ2v) is 1.24. The molecule has 9 heavy (non-hydrogen) atoms. The Kier molecular flexibility index (Phi) is 7.55. The molecule has 1 aromatic heterocycles. The van der Waals surface area contributed by atoms with Crippen LogP contribution >= 0.6 is 0 Å². The molecule has 1 N–H and O–H groups in total. The van der Waals surface area contributed by atoms with Crippen LogP contribution in [0.4, 0.5) is 0 Å². The Morgan fingerprint density at radius 2 is 2.22 bits per heavy atom. The quantitative estimate of drug-likeness (QED) is 0.659. The van der Waals surface area contributed by atoms with Gasteiger partial charge in [-0.15, -0.1) is 0 Å². The molecule has 1 aromatic rings. The molecule has 0 aromatic carbocycles. The third kappa shape index (κ3) is 3.35. The standard InChI is InChI=1S/C5H6O2.CH4.Cu/c6-4-5-2-1-3-7-5;;/h1-3,6H,4H2;1H4;. The van der Waals surface area contributed by atoms with Gasteiger partial charge in [-0.2, -0.15) is 0 Å². The van der Waals surface area contributed by atoms with Crippen molar-refractivity contribution < 1.29 is 26.6 Å². The van der Waals surface area contributed by atoms with E-state index in [1.807, 2.05) is 0 Å². The number of hydrogen-bond acceptors (Lipinski definition) is 2. The molecule has 1 rings (SSSR count). The van der Waals surface area contributed by atoms with Crippen LogP contribution in [0.15, 0.2) is 22.8 Å². The maximum absolute atomic E-state index is 8.33. The van der Waals surface area contributed by atoms with Gasteiger partial charge in [0.25, 0.3) is 0 Å². The van der Waals surface area contributed by atoms with Crippen molar-refractivity contribution in [2.24, 2.45) is 0 Å². The first-order chi connectivity index (χ1) is 3.43. The summed E-state index contributed by atoms with van der Waals surface area (Å²) in [4.78, 5) is 0. The van der Waals surface area contributed by atoms with Gasteiger partial charge in [-0.05, 0) is 12.1 Å². The Bertz CT molecular complexity index is 126. The number of furan rings is 1. The molecular weight excluding hydrogens is 168 g/mol. The third-order valence-corrected chi connectivity index (χ3v) is 0.736. The Morgan fingerprint density at radius 3 is 2.44 bits per heavy atom. The minimum Gasteiger partial charge on any atom is -0.467 e. The van der Waals surface area contributed by atoms with Crippen LogP contribution in [0.1, 0.15) is 13.2 Å². The van der Waals surface area contributed by atoms with Gasteiger partial charge in [0.05, 0.1) is 6.26 Å². The molecule has 57 valence electrons. The summed E-state index contributed by atoms with van der Waals surface area (Å²) < 4.78 is 4.73. The molecular formula is C6H10CuO2. The Morgan fingerprint density at radius 1 is 1.56 bits per heavy atom. The van der Waals surface area contributed by atoms with E-state index in [1.165, 1.54) is 6.26 Å². The van der Waals surface area contributed by atoms with Gasteiger partial charge < -0.3 is 9.52 Å². The van der Waals surface area contributed by atoms with Crippen LogP contribution in [0, 0.1) is 0 Å². The zero-order valence-corrected chi connectivity index (χ0v) is 5.04. The van der Waals surface area contributed by atoms with E-state index in [-0.39, 0.29) is 31.1 Å². The molecule has 3 heteroatoms. The average Bonchev–Trinajstić information content (AvgIpc) is 2.14. The minimum atomic E-state index is -0.00694. The predicted octanol–water partition coefficient (Wildman–Crippen LogP) is 1.41. The van der Waals surface area contributed by atoms with Gasteiger partial charge in [-0.25, -0.2) is 0 Å². The topological polar surface area (TPSA) is 33.4 Å². The Labute approximate surface area is 65.4 Å². The maximum atomic E-state index is 8.33. The minimum absolute atomic E-state index is 0. The van der Waals surface area contributed by atoms with Crippen LogP contribution < -0.4 is 0 Å². The van der Waals surface area contributed by atoms with Crippen LogP contribution in [0.2, 0.25) is 0 Å². The summed E-state index contributed by atoms with van der Waals surface area (Å²) in [7, 11) is 0. The number of rotatable bonds is 1. The summed E-state index contributed by atoms with van der Waals surface area (Å²) in [5.74, 6) is 0.611. The zero-order chi connectivity index (χ0) is 5.11.